The second kappa shape index (κ2) is 6.62. The standard InChI is InChI=1S/C22H27N3O3/c1-13(2)19-11-18(23-28-19)22(27)25-12-17(15-4-3-5-16(26)10-15)21-20(25)14-6-8-24(21)9-7-14/h3-5,10-11,13-14,17,20-21,26H,6-9,12H2,1-2H3. The van der Waals surface area contributed by atoms with Crippen LogP contribution in [0.5, 0.6) is 5.75 Å². The van der Waals surface area contributed by atoms with Crippen molar-refractivity contribution in [3.63, 3.8) is 0 Å². The van der Waals surface area contributed by atoms with Crippen LogP contribution in [0.4, 0.5) is 0 Å². The van der Waals surface area contributed by atoms with Crippen LogP contribution in [0.25, 0.3) is 0 Å². The zero-order valence-electron chi connectivity index (χ0n) is 16.4. The number of hydrogen-bond donors (Lipinski definition) is 1. The van der Waals surface area contributed by atoms with Crippen molar-refractivity contribution in [2.24, 2.45) is 5.92 Å². The fraction of sp³-hybridized carbons (Fsp3) is 0.545. The van der Waals surface area contributed by atoms with Crippen molar-refractivity contribution >= 4 is 5.91 Å². The molecule has 2 aromatic rings. The van der Waals surface area contributed by atoms with Crippen molar-refractivity contribution in [2.75, 3.05) is 19.6 Å². The normalized spacial score (nSPS) is 31.4. The first-order valence-electron chi connectivity index (χ1n) is 10.3. The minimum absolute atomic E-state index is 0.0259. The SMILES string of the molecule is CC(C)c1cc(C(=O)N2CC(c3cccc(O)c3)C3C2C2CCN3CC2)no1. The summed E-state index contributed by atoms with van der Waals surface area (Å²) in [6.07, 6.45) is 2.29. The molecule has 28 heavy (non-hydrogen) atoms. The third kappa shape index (κ3) is 2.73. The average molecular weight is 381 g/mol. The number of aromatic nitrogens is 1. The fourth-order valence-electron chi connectivity index (χ4n) is 5.51. The van der Waals surface area contributed by atoms with Crippen LogP contribution in [0, 0.1) is 5.92 Å². The summed E-state index contributed by atoms with van der Waals surface area (Å²) in [5.74, 6) is 1.96. The van der Waals surface area contributed by atoms with Crippen LogP contribution in [0.15, 0.2) is 34.9 Å². The van der Waals surface area contributed by atoms with Crippen LogP contribution in [0.1, 0.15) is 60.3 Å². The van der Waals surface area contributed by atoms with Gasteiger partial charge >= 0.3 is 0 Å². The number of aromatic hydroxyl groups is 1. The van der Waals surface area contributed by atoms with Gasteiger partial charge in [0, 0.05) is 30.5 Å². The van der Waals surface area contributed by atoms with Crippen LogP contribution in [0.3, 0.4) is 0 Å². The van der Waals surface area contributed by atoms with Crippen molar-refractivity contribution < 1.29 is 14.4 Å². The molecule has 6 rings (SSSR count). The summed E-state index contributed by atoms with van der Waals surface area (Å²) >= 11 is 0. The van der Waals surface area contributed by atoms with E-state index in [2.05, 4.69) is 16.1 Å². The second-order valence-corrected chi connectivity index (χ2v) is 8.78. The lowest BCUT2D eigenvalue weighted by atomic mass is 9.75. The molecule has 4 aliphatic rings. The number of piperidine rings is 3. The van der Waals surface area contributed by atoms with E-state index in [0.29, 0.717) is 24.2 Å². The maximum atomic E-state index is 13.4. The van der Waals surface area contributed by atoms with Crippen LogP contribution in [-0.2, 0) is 0 Å². The van der Waals surface area contributed by atoms with Gasteiger partial charge in [-0.3, -0.25) is 9.69 Å². The molecule has 3 atom stereocenters. The summed E-state index contributed by atoms with van der Waals surface area (Å²) < 4.78 is 5.39. The van der Waals surface area contributed by atoms with Gasteiger partial charge in [-0.1, -0.05) is 31.1 Å². The number of benzene rings is 1. The van der Waals surface area contributed by atoms with Crippen molar-refractivity contribution in [1.29, 1.82) is 0 Å². The quantitative estimate of drug-likeness (QED) is 0.884. The van der Waals surface area contributed by atoms with E-state index in [1.54, 1.807) is 12.1 Å². The zero-order chi connectivity index (χ0) is 19.4. The van der Waals surface area contributed by atoms with Crippen molar-refractivity contribution in [1.82, 2.24) is 15.0 Å². The monoisotopic (exact) mass is 381 g/mol. The van der Waals surface area contributed by atoms with E-state index in [0.717, 1.165) is 37.3 Å². The number of nitrogens with zero attached hydrogens (tertiary/aromatic N) is 3. The minimum atomic E-state index is -0.0259. The molecule has 1 amide bonds. The summed E-state index contributed by atoms with van der Waals surface area (Å²) in [5, 5.41) is 14.1. The Morgan fingerprint density at radius 2 is 2.00 bits per heavy atom. The Hall–Kier alpha value is -2.34. The van der Waals surface area contributed by atoms with Gasteiger partial charge < -0.3 is 14.5 Å². The van der Waals surface area contributed by atoms with Gasteiger partial charge in [0.25, 0.3) is 5.91 Å². The number of hydrogen-bond acceptors (Lipinski definition) is 5. The van der Waals surface area contributed by atoms with E-state index in [1.807, 2.05) is 30.9 Å². The highest BCUT2D eigenvalue weighted by atomic mass is 16.5. The minimum Gasteiger partial charge on any atom is -0.508 e. The lowest BCUT2D eigenvalue weighted by molar-refractivity contribution is -0.00370. The Labute approximate surface area is 165 Å². The topological polar surface area (TPSA) is 69.8 Å². The third-order valence-corrected chi connectivity index (χ3v) is 6.87. The fourth-order valence-corrected chi connectivity index (χ4v) is 5.51. The highest BCUT2D eigenvalue weighted by molar-refractivity contribution is 5.93. The number of fused-ring (bicyclic) bond motifs is 2. The van der Waals surface area contributed by atoms with Crippen molar-refractivity contribution in [2.45, 2.75) is 50.6 Å². The number of phenols is 1. The van der Waals surface area contributed by atoms with Gasteiger partial charge in [0.1, 0.15) is 11.5 Å². The lowest BCUT2D eigenvalue weighted by Crippen LogP contribution is -2.60. The molecule has 4 saturated heterocycles. The maximum absolute atomic E-state index is 13.4. The molecule has 3 unspecified atom stereocenters. The van der Waals surface area contributed by atoms with Crippen molar-refractivity contribution in [3.8, 4) is 5.75 Å². The smallest absolute Gasteiger partial charge is 0.276 e. The molecule has 6 heteroatoms. The van der Waals surface area contributed by atoms with Crippen LogP contribution in [0.2, 0.25) is 0 Å². The molecular formula is C22H27N3O3. The number of amides is 1. The Morgan fingerprint density at radius 1 is 1.21 bits per heavy atom. The highest BCUT2D eigenvalue weighted by Crippen LogP contribution is 2.47. The van der Waals surface area contributed by atoms with Gasteiger partial charge in [-0.2, -0.15) is 0 Å². The molecule has 1 N–H and O–H groups in total. The van der Waals surface area contributed by atoms with Crippen LogP contribution < -0.4 is 0 Å². The molecule has 148 valence electrons. The van der Waals surface area contributed by atoms with Crippen molar-refractivity contribution in [3.05, 3.63) is 47.3 Å². The zero-order valence-corrected chi connectivity index (χ0v) is 16.4. The average Bonchev–Trinajstić information content (AvgIpc) is 3.35. The predicted octanol–water partition coefficient (Wildman–Crippen LogP) is 3.21. The second-order valence-electron chi connectivity index (χ2n) is 8.78. The molecule has 6 nitrogen and oxygen atoms in total. The number of carbonyl (C=O) groups excluding carboxylic acids is 1. The van der Waals surface area contributed by atoms with E-state index in [4.69, 9.17) is 4.52 Å². The highest BCUT2D eigenvalue weighted by Gasteiger charge is 2.55. The maximum Gasteiger partial charge on any atom is 0.276 e. The van der Waals surface area contributed by atoms with Gasteiger partial charge in [0.05, 0.1) is 6.04 Å². The summed E-state index contributed by atoms with van der Waals surface area (Å²) in [6, 6.07) is 9.85. The van der Waals surface area contributed by atoms with E-state index in [9.17, 15) is 9.90 Å². The van der Waals surface area contributed by atoms with Gasteiger partial charge in [0.15, 0.2) is 5.69 Å². The van der Waals surface area contributed by atoms with Gasteiger partial charge in [0.2, 0.25) is 0 Å². The van der Waals surface area contributed by atoms with E-state index < -0.39 is 0 Å². The Kier molecular flexibility index (Phi) is 4.19. The molecule has 4 aliphatic heterocycles. The van der Waals surface area contributed by atoms with E-state index in [1.165, 1.54) is 0 Å². The Bertz CT molecular complexity index is 885. The lowest BCUT2D eigenvalue weighted by Gasteiger charge is -2.51. The summed E-state index contributed by atoms with van der Waals surface area (Å²) in [4.78, 5) is 18.0. The summed E-state index contributed by atoms with van der Waals surface area (Å²) in [7, 11) is 0. The van der Waals surface area contributed by atoms with Gasteiger partial charge in [-0.05, 0) is 49.5 Å². The third-order valence-electron chi connectivity index (χ3n) is 6.87. The molecule has 4 fully saturated rings. The molecule has 1 aromatic heterocycles. The Morgan fingerprint density at radius 3 is 2.68 bits per heavy atom. The molecule has 0 saturated carbocycles. The predicted molar refractivity (Wildman–Crippen MR) is 104 cm³/mol. The summed E-state index contributed by atoms with van der Waals surface area (Å²) in [6.45, 7) is 6.93. The summed E-state index contributed by atoms with van der Waals surface area (Å²) in [5.41, 5.74) is 1.52. The van der Waals surface area contributed by atoms with Crippen LogP contribution in [-0.4, -0.2) is 57.7 Å². The molecule has 2 bridgehead atoms. The molecule has 5 heterocycles. The first-order valence-corrected chi connectivity index (χ1v) is 10.3. The number of carbonyl (C=O) groups is 1. The van der Waals surface area contributed by atoms with Gasteiger partial charge in [-0.15, -0.1) is 0 Å². The number of likely N-dealkylation sites (tertiary alicyclic amines) is 1. The molecule has 1 aromatic carbocycles. The molecule has 0 aliphatic carbocycles. The first-order chi connectivity index (χ1) is 13.5. The molecule has 0 radical (unpaired) electrons. The molecule has 0 spiro atoms. The Balaban J connectivity index is 1.50. The molecular weight excluding hydrogens is 354 g/mol. The van der Waals surface area contributed by atoms with Gasteiger partial charge in [-0.25, -0.2) is 0 Å². The number of rotatable bonds is 3. The van der Waals surface area contributed by atoms with E-state index in [-0.39, 0.29) is 29.5 Å². The number of phenolic OH excluding ortho intramolecular Hbond substituents is 1. The largest absolute Gasteiger partial charge is 0.508 e. The first kappa shape index (κ1) is 17.7. The van der Waals surface area contributed by atoms with E-state index >= 15 is 0 Å². The van der Waals surface area contributed by atoms with Crippen LogP contribution >= 0.6 is 0 Å².